The predicted molar refractivity (Wildman–Crippen MR) is 68.1 cm³/mol. The van der Waals surface area contributed by atoms with Crippen LogP contribution in [0.5, 0.6) is 0 Å². The zero-order valence-electron chi connectivity index (χ0n) is 10.4. The molecule has 0 saturated carbocycles. The number of hydrogen-bond donors (Lipinski definition) is 0. The first kappa shape index (κ1) is 11.7. The van der Waals surface area contributed by atoms with Crippen molar-refractivity contribution in [2.24, 2.45) is 0 Å². The van der Waals surface area contributed by atoms with Gasteiger partial charge in [0.1, 0.15) is 0 Å². The fraction of sp³-hybridized carbons (Fsp3) is 0.667. The van der Waals surface area contributed by atoms with E-state index in [0.717, 1.165) is 64.1 Å². The molecule has 6 heteroatoms. The van der Waals surface area contributed by atoms with Crippen LogP contribution in [0.25, 0.3) is 0 Å². The monoisotopic (exact) mass is 250 g/mol. The first-order valence-corrected chi connectivity index (χ1v) is 6.42. The zero-order chi connectivity index (χ0) is 12.2. The minimum atomic E-state index is 0.763. The largest absolute Gasteiger partial charge is 0.378 e. The van der Waals surface area contributed by atoms with Gasteiger partial charge in [0.05, 0.1) is 38.3 Å². The van der Waals surface area contributed by atoms with Gasteiger partial charge in [-0.25, -0.2) is 0 Å². The van der Waals surface area contributed by atoms with Crippen molar-refractivity contribution in [3.05, 3.63) is 12.3 Å². The lowest BCUT2D eigenvalue weighted by Crippen LogP contribution is -2.41. The summed E-state index contributed by atoms with van der Waals surface area (Å²) in [5.41, 5.74) is 1.16. The van der Waals surface area contributed by atoms with E-state index in [1.54, 1.807) is 6.20 Å². The van der Waals surface area contributed by atoms with E-state index >= 15 is 0 Å². The molecule has 2 aliphatic rings. The first-order valence-electron chi connectivity index (χ1n) is 6.42. The van der Waals surface area contributed by atoms with Gasteiger partial charge in [0.2, 0.25) is 0 Å². The second-order valence-electron chi connectivity index (χ2n) is 4.44. The molecular weight excluding hydrogens is 232 g/mol. The van der Waals surface area contributed by atoms with Crippen LogP contribution in [0.3, 0.4) is 0 Å². The van der Waals surface area contributed by atoms with Crippen molar-refractivity contribution in [1.29, 1.82) is 0 Å². The second kappa shape index (κ2) is 5.49. The lowest BCUT2D eigenvalue weighted by molar-refractivity contribution is 0.120. The molecule has 2 fully saturated rings. The molecule has 1 aromatic heterocycles. The summed E-state index contributed by atoms with van der Waals surface area (Å²) in [5.74, 6) is 0.975. The molecule has 0 spiro atoms. The highest BCUT2D eigenvalue weighted by atomic mass is 16.5. The maximum absolute atomic E-state index is 5.40. The number of nitrogens with zero attached hydrogens (tertiary/aromatic N) is 4. The number of hydrogen-bond acceptors (Lipinski definition) is 6. The van der Waals surface area contributed by atoms with Gasteiger partial charge in [0.25, 0.3) is 0 Å². The van der Waals surface area contributed by atoms with Crippen LogP contribution in [0.4, 0.5) is 11.5 Å². The number of aromatic nitrogens is 2. The Morgan fingerprint density at radius 2 is 1.50 bits per heavy atom. The van der Waals surface area contributed by atoms with Crippen LogP contribution >= 0.6 is 0 Å². The molecule has 0 radical (unpaired) electrons. The summed E-state index contributed by atoms with van der Waals surface area (Å²) in [6.45, 7) is 6.70. The smallest absolute Gasteiger partial charge is 0.175 e. The Labute approximate surface area is 106 Å². The molecule has 2 saturated heterocycles. The van der Waals surface area contributed by atoms with Crippen molar-refractivity contribution < 1.29 is 9.47 Å². The number of rotatable bonds is 2. The van der Waals surface area contributed by atoms with Crippen molar-refractivity contribution in [2.75, 3.05) is 62.4 Å². The van der Waals surface area contributed by atoms with E-state index in [4.69, 9.17) is 9.47 Å². The second-order valence-corrected chi connectivity index (χ2v) is 4.44. The van der Waals surface area contributed by atoms with Gasteiger partial charge in [-0.05, 0) is 6.07 Å². The zero-order valence-corrected chi connectivity index (χ0v) is 10.4. The topological polar surface area (TPSA) is 50.7 Å². The Morgan fingerprint density at radius 3 is 2.17 bits per heavy atom. The Bertz CT molecular complexity index is 352. The molecule has 98 valence electrons. The molecule has 2 aliphatic heterocycles. The van der Waals surface area contributed by atoms with E-state index in [9.17, 15) is 0 Å². The van der Waals surface area contributed by atoms with Crippen LogP contribution < -0.4 is 9.80 Å². The molecule has 3 heterocycles. The maximum Gasteiger partial charge on any atom is 0.175 e. The Kier molecular flexibility index (Phi) is 3.56. The average molecular weight is 250 g/mol. The van der Waals surface area contributed by atoms with Crippen LogP contribution in [0.2, 0.25) is 0 Å². The molecule has 0 bridgehead atoms. The summed E-state index contributed by atoms with van der Waals surface area (Å²) < 4.78 is 10.8. The highest BCUT2D eigenvalue weighted by molar-refractivity contribution is 5.66. The van der Waals surface area contributed by atoms with Crippen LogP contribution in [0.1, 0.15) is 0 Å². The Balaban J connectivity index is 1.83. The summed E-state index contributed by atoms with van der Waals surface area (Å²) in [5, 5.41) is 8.34. The van der Waals surface area contributed by atoms with Gasteiger partial charge in [0, 0.05) is 26.2 Å². The summed E-state index contributed by atoms with van der Waals surface area (Å²) in [4.78, 5) is 4.57. The number of anilines is 2. The van der Waals surface area contributed by atoms with Crippen LogP contribution in [0, 0.1) is 0 Å². The molecule has 0 atom stereocenters. The molecule has 6 nitrogen and oxygen atoms in total. The predicted octanol–water partition coefficient (Wildman–Crippen LogP) is 0.150. The number of morpholine rings is 2. The van der Waals surface area contributed by atoms with Gasteiger partial charge >= 0.3 is 0 Å². The van der Waals surface area contributed by atoms with E-state index in [1.165, 1.54) is 0 Å². The third-order valence-electron chi connectivity index (χ3n) is 3.34. The van der Waals surface area contributed by atoms with Crippen molar-refractivity contribution in [3.63, 3.8) is 0 Å². The standard InChI is InChI=1S/C12H18N4O2/c1-2-13-14-12(16-5-9-18-10-6-16)11(1)15-3-7-17-8-4-15/h1-2H,3-10H2. The van der Waals surface area contributed by atoms with Crippen LogP contribution in [0.15, 0.2) is 12.3 Å². The van der Waals surface area contributed by atoms with Crippen molar-refractivity contribution in [3.8, 4) is 0 Å². The van der Waals surface area contributed by atoms with E-state index in [-0.39, 0.29) is 0 Å². The molecule has 18 heavy (non-hydrogen) atoms. The third-order valence-corrected chi connectivity index (χ3v) is 3.34. The highest BCUT2D eigenvalue weighted by Gasteiger charge is 2.21. The van der Waals surface area contributed by atoms with Crippen LogP contribution in [-0.2, 0) is 9.47 Å². The summed E-state index contributed by atoms with van der Waals surface area (Å²) >= 11 is 0. The summed E-state index contributed by atoms with van der Waals surface area (Å²) in [6.07, 6.45) is 1.76. The van der Waals surface area contributed by atoms with E-state index in [2.05, 4.69) is 20.0 Å². The minimum absolute atomic E-state index is 0.763. The highest BCUT2D eigenvalue weighted by Crippen LogP contribution is 2.27. The lowest BCUT2D eigenvalue weighted by Gasteiger charge is -2.34. The molecule has 0 unspecified atom stereocenters. The maximum atomic E-state index is 5.40. The minimum Gasteiger partial charge on any atom is -0.378 e. The van der Waals surface area contributed by atoms with Gasteiger partial charge in [-0.3, -0.25) is 0 Å². The Hall–Kier alpha value is -1.40. The normalized spacial score (nSPS) is 21.1. The Morgan fingerprint density at radius 1 is 0.889 bits per heavy atom. The quantitative estimate of drug-likeness (QED) is 0.744. The average Bonchev–Trinajstić information content (AvgIpc) is 2.49. The molecule has 0 amide bonds. The molecule has 1 aromatic rings. The molecule has 0 aliphatic carbocycles. The van der Waals surface area contributed by atoms with E-state index in [0.29, 0.717) is 0 Å². The third kappa shape index (κ3) is 2.39. The number of ether oxygens (including phenoxy) is 2. The molecule has 0 N–H and O–H groups in total. The van der Waals surface area contributed by atoms with E-state index < -0.39 is 0 Å². The van der Waals surface area contributed by atoms with Crippen molar-refractivity contribution in [2.45, 2.75) is 0 Å². The van der Waals surface area contributed by atoms with Gasteiger partial charge in [-0.15, -0.1) is 5.10 Å². The molecular formula is C12H18N4O2. The first-order chi connectivity index (χ1) is 8.95. The van der Waals surface area contributed by atoms with Gasteiger partial charge in [-0.1, -0.05) is 0 Å². The summed E-state index contributed by atoms with van der Waals surface area (Å²) in [6, 6.07) is 2.04. The molecule has 3 rings (SSSR count). The fourth-order valence-corrected chi connectivity index (χ4v) is 2.37. The van der Waals surface area contributed by atoms with Gasteiger partial charge < -0.3 is 19.3 Å². The van der Waals surface area contributed by atoms with Crippen molar-refractivity contribution in [1.82, 2.24) is 10.2 Å². The SMILES string of the molecule is c1cc(N2CCOCC2)c(N2CCOCC2)nn1. The van der Waals surface area contributed by atoms with Gasteiger partial charge in [-0.2, -0.15) is 5.10 Å². The van der Waals surface area contributed by atoms with Crippen molar-refractivity contribution >= 4 is 11.5 Å². The van der Waals surface area contributed by atoms with Gasteiger partial charge in [0.15, 0.2) is 5.82 Å². The summed E-state index contributed by atoms with van der Waals surface area (Å²) in [7, 11) is 0. The van der Waals surface area contributed by atoms with Crippen LogP contribution in [-0.4, -0.2) is 62.8 Å². The molecule has 0 aromatic carbocycles. The fourth-order valence-electron chi connectivity index (χ4n) is 2.37. The van der Waals surface area contributed by atoms with E-state index in [1.807, 2.05) is 6.07 Å². The lowest BCUT2D eigenvalue weighted by atomic mass is 10.3.